The normalized spacial score (nSPS) is 14.7. The summed E-state index contributed by atoms with van der Waals surface area (Å²) >= 11 is 0. The van der Waals surface area contributed by atoms with Gasteiger partial charge in [-0.05, 0) is 31.9 Å². The van der Waals surface area contributed by atoms with Crippen LogP contribution in [0.1, 0.15) is 49.4 Å². The molecule has 0 aliphatic heterocycles. The summed E-state index contributed by atoms with van der Waals surface area (Å²) in [7, 11) is 2.94. The maximum absolute atomic E-state index is 12.5. The maximum Gasteiger partial charge on any atom is 0.346 e. The molecule has 0 radical (unpaired) electrons. The Bertz CT molecular complexity index is 573. The molecule has 0 atom stereocenters. The highest BCUT2D eigenvalue weighted by atomic mass is 16.5. The molecule has 1 aliphatic rings. The van der Waals surface area contributed by atoms with Crippen LogP contribution in [0.25, 0.3) is 0 Å². The number of carbonyl (C=O) groups is 2. The largest absolute Gasteiger partial charge is 0.496 e. The Hall–Kier alpha value is -2.24. The SMILES string of the molecule is CCN(C(=O)COC(=O)c1c(OC)cccc1OC)C1CCCCC1. The van der Waals surface area contributed by atoms with Gasteiger partial charge in [0.15, 0.2) is 6.61 Å². The third-order valence-electron chi connectivity index (χ3n) is 4.64. The molecule has 0 bridgehead atoms. The van der Waals surface area contributed by atoms with Crippen LogP contribution in [0.4, 0.5) is 0 Å². The Morgan fingerprint density at radius 1 is 1.08 bits per heavy atom. The van der Waals surface area contributed by atoms with Crippen LogP contribution in [0, 0.1) is 0 Å². The van der Waals surface area contributed by atoms with Crippen LogP contribution in [0.5, 0.6) is 11.5 Å². The quantitative estimate of drug-likeness (QED) is 0.708. The summed E-state index contributed by atoms with van der Waals surface area (Å²) in [4.78, 5) is 26.8. The summed E-state index contributed by atoms with van der Waals surface area (Å²) < 4.78 is 15.7. The monoisotopic (exact) mass is 349 g/mol. The fourth-order valence-electron chi connectivity index (χ4n) is 3.37. The maximum atomic E-state index is 12.5. The summed E-state index contributed by atoms with van der Waals surface area (Å²) in [6, 6.07) is 5.29. The van der Waals surface area contributed by atoms with Crippen molar-refractivity contribution in [3.05, 3.63) is 23.8 Å². The lowest BCUT2D eigenvalue weighted by molar-refractivity contribution is -0.137. The van der Waals surface area contributed by atoms with Gasteiger partial charge in [-0.1, -0.05) is 25.3 Å². The topological polar surface area (TPSA) is 65.1 Å². The van der Waals surface area contributed by atoms with Crippen molar-refractivity contribution in [3.63, 3.8) is 0 Å². The Balaban J connectivity index is 2.02. The molecule has 0 spiro atoms. The Morgan fingerprint density at radius 2 is 1.68 bits per heavy atom. The van der Waals surface area contributed by atoms with Gasteiger partial charge in [0.2, 0.25) is 0 Å². The molecule has 1 saturated carbocycles. The van der Waals surface area contributed by atoms with Gasteiger partial charge in [0.25, 0.3) is 5.91 Å². The number of rotatable bonds is 7. The van der Waals surface area contributed by atoms with Crippen LogP contribution >= 0.6 is 0 Å². The molecule has 1 fully saturated rings. The average molecular weight is 349 g/mol. The van der Waals surface area contributed by atoms with E-state index in [2.05, 4.69) is 0 Å². The van der Waals surface area contributed by atoms with E-state index >= 15 is 0 Å². The number of methoxy groups -OCH3 is 2. The summed E-state index contributed by atoms with van der Waals surface area (Å²) in [6.45, 7) is 2.31. The lowest BCUT2D eigenvalue weighted by Crippen LogP contribution is -2.43. The second-order valence-electron chi connectivity index (χ2n) is 6.09. The zero-order chi connectivity index (χ0) is 18.2. The van der Waals surface area contributed by atoms with Crippen molar-refractivity contribution in [3.8, 4) is 11.5 Å². The van der Waals surface area contributed by atoms with Crippen molar-refractivity contribution < 1.29 is 23.8 Å². The number of nitrogens with zero attached hydrogens (tertiary/aromatic N) is 1. The van der Waals surface area contributed by atoms with Crippen molar-refractivity contribution in [1.29, 1.82) is 0 Å². The molecule has 25 heavy (non-hydrogen) atoms. The van der Waals surface area contributed by atoms with E-state index in [0.29, 0.717) is 18.0 Å². The first-order valence-electron chi connectivity index (χ1n) is 8.79. The van der Waals surface area contributed by atoms with E-state index in [9.17, 15) is 9.59 Å². The summed E-state index contributed by atoms with van der Waals surface area (Å²) in [6.07, 6.45) is 5.56. The van der Waals surface area contributed by atoms with Crippen LogP contribution < -0.4 is 9.47 Å². The first-order valence-corrected chi connectivity index (χ1v) is 8.79. The molecule has 1 aliphatic carbocycles. The number of carbonyl (C=O) groups excluding carboxylic acids is 2. The van der Waals surface area contributed by atoms with Gasteiger partial charge in [-0.15, -0.1) is 0 Å². The number of ether oxygens (including phenoxy) is 3. The van der Waals surface area contributed by atoms with Gasteiger partial charge >= 0.3 is 5.97 Å². The molecule has 0 saturated heterocycles. The number of esters is 1. The minimum atomic E-state index is -0.623. The number of hydrogen-bond donors (Lipinski definition) is 0. The Labute approximate surface area is 149 Å². The number of likely N-dealkylation sites (N-methyl/N-ethyl adjacent to an activating group) is 1. The number of benzene rings is 1. The van der Waals surface area contributed by atoms with Gasteiger partial charge < -0.3 is 19.1 Å². The van der Waals surface area contributed by atoms with E-state index in [-0.39, 0.29) is 24.1 Å². The van der Waals surface area contributed by atoms with Crippen LogP contribution in [-0.2, 0) is 9.53 Å². The zero-order valence-corrected chi connectivity index (χ0v) is 15.2. The summed E-state index contributed by atoms with van der Waals surface area (Å²) in [5.74, 6) is -0.0631. The Morgan fingerprint density at radius 3 is 2.20 bits per heavy atom. The molecule has 6 heteroatoms. The van der Waals surface area contributed by atoms with Crippen molar-refractivity contribution in [2.24, 2.45) is 0 Å². The van der Waals surface area contributed by atoms with E-state index in [0.717, 1.165) is 25.7 Å². The minimum Gasteiger partial charge on any atom is -0.496 e. The standard InChI is InChI=1S/C19H27NO5/c1-4-20(14-9-6-5-7-10-14)17(21)13-25-19(22)18-15(23-2)11-8-12-16(18)24-3/h8,11-12,14H,4-7,9-10,13H2,1-3H3. The molecule has 1 aromatic rings. The highest BCUT2D eigenvalue weighted by molar-refractivity contribution is 5.96. The average Bonchev–Trinajstić information content (AvgIpc) is 2.66. The van der Waals surface area contributed by atoms with E-state index in [1.807, 2.05) is 11.8 Å². The lowest BCUT2D eigenvalue weighted by atomic mass is 9.94. The van der Waals surface area contributed by atoms with Crippen LogP contribution in [0.3, 0.4) is 0 Å². The van der Waals surface area contributed by atoms with Gasteiger partial charge in [-0.2, -0.15) is 0 Å². The third kappa shape index (κ3) is 4.65. The van der Waals surface area contributed by atoms with E-state index < -0.39 is 5.97 Å². The highest BCUT2D eigenvalue weighted by Gasteiger charge is 2.26. The fourth-order valence-corrected chi connectivity index (χ4v) is 3.37. The number of amides is 1. The molecule has 0 N–H and O–H groups in total. The van der Waals surface area contributed by atoms with E-state index in [1.165, 1.54) is 20.6 Å². The molecule has 0 heterocycles. The second kappa shape index (κ2) is 9.30. The summed E-state index contributed by atoms with van der Waals surface area (Å²) in [5.41, 5.74) is 0.195. The van der Waals surface area contributed by atoms with Gasteiger partial charge in [0, 0.05) is 12.6 Å². The van der Waals surface area contributed by atoms with Gasteiger partial charge in [0.05, 0.1) is 14.2 Å². The predicted octanol–water partition coefficient (Wildman–Crippen LogP) is 3.04. The van der Waals surface area contributed by atoms with Crippen molar-refractivity contribution >= 4 is 11.9 Å². The predicted molar refractivity (Wildman–Crippen MR) is 94.1 cm³/mol. The first-order chi connectivity index (χ1) is 12.1. The zero-order valence-electron chi connectivity index (χ0n) is 15.2. The van der Waals surface area contributed by atoms with Crippen LogP contribution in [0.15, 0.2) is 18.2 Å². The first kappa shape index (κ1) is 19.1. The summed E-state index contributed by atoms with van der Waals surface area (Å²) in [5, 5.41) is 0. The fraction of sp³-hybridized carbons (Fsp3) is 0.579. The third-order valence-corrected chi connectivity index (χ3v) is 4.64. The molecular formula is C19H27NO5. The Kier molecular flexibility index (Phi) is 7.10. The minimum absolute atomic E-state index is 0.156. The van der Waals surface area contributed by atoms with Gasteiger partial charge in [0.1, 0.15) is 17.1 Å². The molecular weight excluding hydrogens is 322 g/mol. The van der Waals surface area contributed by atoms with Gasteiger partial charge in [-0.25, -0.2) is 4.79 Å². The van der Waals surface area contributed by atoms with Crippen molar-refractivity contribution in [2.45, 2.75) is 45.1 Å². The molecule has 2 rings (SSSR count). The van der Waals surface area contributed by atoms with Gasteiger partial charge in [-0.3, -0.25) is 4.79 Å². The van der Waals surface area contributed by atoms with Crippen LogP contribution in [-0.4, -0.2) is 50.2 Å². The van der Waals surface area contributed by atoms with Crippen LogP contribution in [0.2, 0.25) is 0 Å². The molecule has 1 aromatic carbocycles. The smallest absolute Gasteiger partial charge is 0.346 e. The molecule has 1 amide bonds. The van der Waals surface area contributed by atoms with E-state index in [4.69, 9.17) is 14.2 Å². The van der Waals surface area contributed by atoms with E-state index in [1.54, 1.807) is 18.2 Å². The molecule has 0 aromatic heterocycles. The molecule has 138 valence electrons. The lowest BCUT2D eigenvalue weighted by Gasteiger charge is -2.33. The second-order valence-corrected chi connectivity index (χ2v) is 6.09. The number of hydrogen-bond acceptors (Lipinski definition) is 5. The van der Waals surface area contributed by atoms with Crippen molar-refractivity contribution in [1.82, 2.24) is 4.90 Å². The highest BCUT2D eigenvalue weighted by Crippen LogP contribution is 2.29. The molecule has 6 nitrogen and oxygen atoms in total. The molecule has 0 unspecified atom stereocenters. The van der Waals surface area contributed by atoms with Crippen molar-refractivity contribution in [2.75, 3.05) is 27.4 Å².